The molecule has 3 amide bonds. The standard InChI is InChI=1S/C24H29N3O3/c1-4-5-6-15-21(28)25-16(2)23(29)26-22-19-13-8-7-11-17(19)18-12-9-10-14-20(18)27(3)24(22)30/h7-14,16,22H,4-6,15H2,1-3H3,(H,25,28)(H,26,29). The third-order valence-electron chi connectivity index (χ3n) is 5.47. The fourth-order valence-electron chi connectivity index (χ4n) is 3.75. The fourth-order valence-corrected chi connectivity index (χ4v) is 3.75. The Bertz CT molecular complexity index is 941. The van der Waals surface area contributed by atoms with Crippen molar-refractivity contribution >= 4 is 23.4 Å². The number of fused-ring (bicyclic) bond motifs is 3. The average Bonchev–Trinajstić information content (AvgIpc) is 2.84. The minimum atomic E-state index is -0.828. The Kier molecular flexibility index (Phi) is 6.87. The molecule has 2 aromatic carbocycles. The van der Waals surface area contributed by atoms with Crippen LogP contribution in [-0.4, -0.2) is 30.8 Å². The second-order valence-corrected chi connectivity index (χ2v) is 7.69. The van der Waals surface area contributed by atoms with Crippen LogP contribution in [0.25, 0.3) is 11.1 Å². The molecule has 1 heterocycles. The third kappa shape index (κ3) is 4.53. The summed E-state index contributed by atoms with van der Waals surface area (Å²) in [4.78, 5) is 39.7. The molecule has 0 radical (unpaired) electrons. The maximum Gasteiger partial charge on any atom is 0.253 e. The maximum absolute atomic E-state index is 13.2. The molecule has 1 aliphatic heterocycles. The van der Waals surface area contributed by atoms with Crippen molar-refractivity contribution in [2.75, 3.05) is 11.9 Å². The zero-order chi connectivity index (χ0) is 21.7. The van der Waals surface area contributed by atoms with Gasteiger partial charge in [-0.1, -0.05) is 62.2 Å². The number of amides is 3. The van der Waals surface area contributed by atoms with Gasteiger partial charge in [0.1, 0.15) is 12.1 Å². The van der Waals surface area contributed by atoms with Crippen molar-refractivity contribution in [1.82, 2.24) is 10.6 Å². The quantitative estimate of drug-likeness (QED) is 0.689. The molecule has 2 aromatic rings. The lowest BCUT2D eigenvalue weighted by Crippen LogP contribution is -2.49. The summed E-state index contributed by atoms with van der Waals surface area (Å²) >= 11 is 0. The van der Waals surface area contributed by atoms with Gasteiger partial charge in [0.15, 0.2) is 0 Å². The molecule has 1 aliphatic rings. The molecule has 2 unspecified atom stereocenters. The van der Waals surface area contributed by atoms with Crippen molar-refractivity contribution in [3.8, 4) is 11.1 Å². The summed E-state index contributed by atoms with van der Waals surface area (Å²) in [6, 6.07) is 13.7. The highest BCUT2D eigenvalue weighted by atomic mass is 16.2. The Morgan fingerprint density at radius 2 is 1.70 bits per heavy atom. The van der Waals surface area contributed by atoms with Gasteiger partial charge in [-0.2, -0.15) is 0 Å². The van der Waals surface area contributed by atoms with Crippen LogP contribution in [0.1, 0.15) is 51.1 Å². The SMILES string of the molecule is CCCCCC(=O)NC(C)C(=O)NC1C(=O)N(C)c2ccccc2-c2ccccc21. The molecule has 0 spiro atoms. The molecule has 0 fully saturated rings. The van der Waals surface area contributed by atoms with Gasteiger partial charge in [-0.15, -0.1) is 0 Å². The summed E-state index contributed by atoms with van der Waals surface area (Å²) in [5, 5.41) is 5.59. The highest BCUT2D eigenvalue weighted by Gasteiger charge is 2.34. The van der Waals surface area contributed by atoms with Gasteiger partial charge in [0.25, 0.3) is 5.91 Å². The number of nitrogens with one attached hydrogen (secondary N) is 2. The number of carbonyl (C=O) groups is 3. The van der Waals surface area contributed by atoms with Gasteiger partial charge >= 0.3 is 0 Å². The summed E-state index contributed by atoms with van der Waals surface area (Å²) in [6.07, 6.45) is 3.21. The van der Waals surface area contributed by atoms with E-state index in [0.717, 1.165) is 41.6 Å². The zero-order valence-corrected chi connectivity index (χ0v) is 17.8. The van der Waals surface area contributed by atoms with E-state index in [1.54, 1.807) is 18.9 Å². The third-order valence-corrected chi connectivity index (χ3v) is 5.47. The molecule has 30 heavy (non-hydrogen) atoms. The summed E-state index contributed by atoms with van der Waals surface area (Å²) in [5.41, 5.74) is 3.39. The lowest BCUT2D eigenvalue weighted by molar-refractivity contribution is -0.131. The van der Waals surface area contributed by atoms with Crippen molar-refractivity contribution in [3.63, 3.8) is 0 Å². The van der Waals surface area contributed by atoms with Crippen LogP contribution in [0.2, 0.25) is 0 Å². The smallest absolute Gasteiger partial charge is 0.253 e. The maximum atomic E-state index is 13.2. The van der Waals surface area contributed by atoms with E-state index < -0.39 is 12.1 Å². The number of rotatable bonds is 7. The van der Waals surface area contributed by atoms with Gasteiger partial charge in [0.2, 0.25) is 11.8 Å². The number of unbranched alkanes of at least 4 members (excludes halogenated alkanes) is 2. The van der Waals surface area contributed by atoms with E-state index in [1.165, 1.54) is 0 Å². The molecule has 6 heteroatoms. The topological polar surface area (TPSA) is 78.5 Å². The highest BCUT2D eigenvalue weighted by molar-refractivity contribution is 6.06. The van der Waals surface area contributed by atoms with E-state index >= 15 is 0 Å². The van der Waals surface area contributed by atoms with Crippen molar-refractivity contribution < 1.29 is 14.4 Å². The van der Waals surface area contributed by atoms with E-state index in [1.807, 2.05) is 48.5 Å². The lowest BCUT2D eigenvalue weighted by Gasteiger charge is -2.24. The van der Waals surface area contributed by atoms with Gasteiger partial charge < -0.3 is 15.5 Å². The summed E-state index contributed by atoms with van der Waals surface area (Å²) in [5.74, 6) is -0.753. The van der Waals surface area contributed by atoms with Crippen LogP contribution in [0.15, 0.2) is 48.5 Å². The molecule has 0 bridgehead atoms. The Balaban J connectivity index is 1.81. The number of carbonyl (C=O) groups excluding carboxylic acids is 3. The first-order valence-corrected chi connectivity index (χ1v) is 10.5. The first kappa shape index (κ1) is 21.6. The van der Waals surface area contributed by atoms with Gasteiger partial charge in [-0.05, 0) is 30.5 Å². The van der Waals surface area contributed by atoms with Crippen molar-refractivity contribution in [2.24, 2.45) is 0 Å². The van der Waals surface area contributed by atoms with Crippen LogP contribution in [0.5, 0.6) is 0 Å². The van der Waals surface area contributed by atoms with E-state index in [9.17, 15) is 14.4 Å². The average molecular weight is 408 g/mol. The van der Waals surface area contributed by atoms with E-state index in [0.29, 0.717) is 6.42 Å². The highest BCUT2D eigenvalue weighted by Crippen LogP contribution is 2.39. The van der Waals surface area contributed by atoms with Crippen LogP contribution < -0.4 is 15.5 Å². The molecular formula is C24H29N3O3. The van der Waals surface area contributed by atoms with E-state index in [-0.39, 0.29) is 17.7 Å². The number of anilines is 1. The lowest BCUT2D eigenvalue weighted by atomic mass is 9.95. The molecular weight excluding hydrogens is 378 g/mol. The van der Waals surface area contributed by atoms with Gasteiger partial charge in [-0.25, -0.2) is 0 Å². The summed E-state index contributed by atoms with van der Waals surface area (Å²) in [7, 11) is 1.71. The molecule has 0 aliphatic carbocycles. The van der Waals surface area contributed by atoms with Crippen LogP contribution in [0, 0.1) is 0 Å². The summed E-state index contributed by atoms with van der Waals surface area (Å²) < 4.78 is 0. The van der Waals surface area contributed by atoms with E-state index in [2.05, 4.69) is 17.6 Å². The molecule has 158 valence electrons. The van der Waals surface area contributed by atoms with Crippen molar-refractivity contribution in [1.29, 1.82) is 0 Å². The predicted molar refractivity (Wildman–Crippen MR) is 118 cm³/mol. The first-order chi connectivity index (χ1) is 14.4. The summed E-state index contributed by atoms with van der Waals surface area (Å²) in [6.45, 7) is 3.71. The van der Waals surface area contributed by atoms with Gasteiger partial charge in [0.05, 0.1) is 5.69 Å². The molecule has 3 rings (SSSR count). The number of hydrogen-bond acceptors (Lipinski definition) is 3. The van der Waals surface area contributed by atoms with Crippen molar-refractivity contribution in [2.45, 2.75) is 51.6 Å². The Labute approximate surface area is 177 Å². The number of para-hydroxylation sites is 1. The second kappa shape index (κ2) is 9.57. The predicted octanol–water partition coefficient (Wildman–Crippen LogP) is 3.57. The Morgan fingerprint density at radius 1 is 1.03 bits per heavy atom. The minimum Gasteiger partial charge on any atom is -0.345 e. The second-order valence-electron chi connectivity index (χ2n) is 7.69. The number of nitrogens with zero attached hydrogens (tertiary/aromatic N) is 1. The molecule has 0 aromatic heterocycles. The monoisotopic (exact) mass is 407 g/mol. The molecule has 6 nitrogen and oxygen atoms in total. The van der Waals surface area contributed by atoms with Gasteiger partial charge in [0, 0.05) is 19.0 Å². The normalized spacial score (nSPS) is 16.2. The Hall–Kier alpha value is -3.15. The fraction of sp³-hybridized carbons (Fsp3) is 0.375. The van der Waals surface area contributed by atoms with Crippen LogP contribution in [0.3, 0.4) is 0 Å². The van der Waals surface area contributed by atoms with Crippen LogP contribution >= 0.6 is 0 Å². The van der Waals surface area contributed by atoms with E-state index in [4.69, 9.17) is 0 Å². The molecule has 0 saturated heterocycles. The van der Waals surface area contributed by atoms with Crippen LogP contribution in [0.4, 0.5) is 5.69 Å². The molecule has 2 atom stereocenters. The molecule has 0 saturated carbocycles. The number of hydrogen-bond donors (Lipinski definition) is 2. The largest absolute Gasteiger partial charge is 0.345 e. The van der Waals surface area contributed by atoms with Crippen LogP contribution in [-0.2, 0) is 14.4 Å². The number of benzene rings is 2. The first-order valence-electron chi connectivity index (χ1n) is 10.5. The zero-order valence-electron chi connectivity index (χ0n) is 17.8. The minimum absolute atomic E-state index is 0.150. The number of likely N-dealkylation sites (N-methyl/N-ethyl adjacent to an activating group) is 1. The van der Waals surface area contributed by atoms with Crippen molar-refractivity contribution in [3.05, 3.63) is 54.1 Å². The van der Waals surface area contributed by atoms with Gasteiger partial charge in [-0.3, -0.25) is 14.4 Å². The Morgan fingerprint density at radius 3 is 2.43 bits per heavy atom. The molecule has 2 N–H and O–H groups in total.